The Morgan fingerprint density at radius 1 is 0.804 bits per heavy atom. The Balaban J connectivity index is 0.000000229. The van der Waals surface area contributed by atoms with Gasteiger partial charge in [0, 0.05) is 56.7 Å². The molecule has 2 aromatic carbocycles. The number of H-pyrrole nitrogens is 1. The first-order chi connectivity index (χ1) is 23.9. The van der Waals surface area contributed by atoms with Gasteiger partial charge in [-0.25, -0.2) is 14.6 Å². The molecule has 0 aliphatic rings. The van der Waals surface area contributed by atoms with Gasteiger partial charge in [0.15, 0.2) is 5.78 Å². The fraction of sp³-hybridized carbons (Fsp3) is 0.405. The lowest BCUT2D eigenvalue weighted by Gasteiger charge is -2.26. The fourth-order valence-electron chi connectivity index (χ4n) is 5.05. The van der Waals surface area contributed by atoms with Crippen molar-refractivity contribution in [3.8, 4) is 0 Å². The van der Waals surface area contributed by atoms with E-state index in [0.29, 0.717) is 36.7 Å². The number of imidazole rings is 1. The lowest BCUT2D eigenvalue weighted by molar-refractivity contribution is -0.119. The minimum atomic E-state index is -0.603. The number of hydrogen-bond acceptors (Lipinski definition) is 9. The summed E-state index contributed by atoms with van der Waals surface area (Å²) in [4.78, 5) is 56.7. The summed E-state index contributed by atoms with van der Waals surface area (Å²) in [7, 11) is 0. The molecule has 0 bridgehead atoms. The number of fused-ring (bicyclic) bond motifs is 4. The van der Waals surface area contributed by atoms with Crippen LogP contribution in [-0.2, 0) is 27.2 Å². The van der Waals surface area contributed by atoms with Crippen molar-refractivity contribution in [1.29, 1.82) is 0 Å². The molecule has 0 saturated heterocycles. The molecule has 272 valence electrons. The molecule has 5 rings (SSSR count). The predicted octanol–water partition coefficient (Wildman–Crippen LogP) is 8.58. The van der Waals surface area contributed by atoms with E-state index in [4.69, 9.17) is 15.2 Å². The van der Waals surface area contributed by atoms with Crippen molar-refractivity contribution < 1.29 is 23.9 Å². The summed E-state index contributed by atoms with van der Waals surface area (Å²) in [5.41, 5.74) is 9.62. The molecule has 0 radical (unpaired) electrons. The Bertz CT molecular complexity index is 2050. The number of nitrogen functional groups attached to an aromatic ring is 1. The van der Waals surface area contributed by atoms with Crippen molar-refractivity contribution in [3.05, 3.63) is 69.1 Å². The van der Waals surface area contributed by atoms with E-state index in [1.165, 1.54) is 4.90 Å². The number of ketones is 1. The quantitative estimate of drug-likeness (QED) is 0.156. The van der Waals surface area contributed by atoms with E-state index in [-0.39, 0.29) is 24.8 Å². The van der Waals surface area contributed by atoms with Crippen LogP contribution in [0.5, 0.6) is 0 Å². The summed E-state index contributed by atoms with van der Waals surface area (Å²) in [6.07, 6.45) is 2.66. The number of ether oxygens (including phenoxy) is 2. The van der Waals surface area contributed by atoms with Crippen LogP contribution < -0.4 is 5.73 Å². The number of Topliss-reactive ketones (excluding diaryl/α,β-unsaturated/α-hetero) is 1. The Kier molecular flexibility index (Phi) is 12.7. The van der Waals surface area contributed by atoms with Gasteiger partial charge in [-0.05, 0) is 91.8 Å². The third-order valence-electron chi connectivity index (χ3n) is 7.45. The van der Waals surface area contributed by atoms with Crippen LogP contribution in [-0.4, -0.2) is 78.5 Å². The molecule has 0 aliphatic heterocycles. The van der Waals surface area contributed by atoms with Gasteiger partial charge in [0.05, 0.1) is 41.4 Å². The smallest absolute Gasteiger partial charge is 0.410 e. The van der Waals surface area contributed by atoms with Crippen molar-refractivity contribution in [2.45, 2.75) is 79.6 Å². The first-order valence-electron chi connectivity index (χ1n) is 16.6. The Labute approximate surface area is 314 Å². The van der Waals surface area contributed by atoms with Crippen molar-refractivity contribution >= 4 is 88.4 Å². The number of aromatic nitrogens is 4. The Hall–Kier alpha value is -4.30. The average molecular weight is 828 g/mol. The number of hydrogen-bond donors (Lipinski definition) is 2. The number of nitrogens with one attached hydrogen (secondary N) is 1. The molecule has 0 fully saturated rings. The van der Waals surface area contributed by atoms with E-state index in [9.17, 15) is 14.4 Å². The standard InChI is InChI=1S/C19H24BrN3O3.C18H21BrN4O2/c1-5-23(18(25)26-19(2,3)4)11-14(24)8-12-10-22-16-9-13(20)6-7-15(16)17(12)21;1-5-23(17(24)25-18(2,3)4)10-15-21-14-9-20-13-8-11(19)6-7-12(13)16(14)22-15/h6-7,9-10H,5,8,11H2,1-4H3,(H2,21,22);6-9H,5,10H2,1-4H3,(H,21,22). The lowest BCUT2D eigenvalue weighted by Crippen LogP contribution is -2.40. The highest BCUT2D eigenvalue weighted by Gasteiger charge is 2.24. The number of benzene rings is 2. The van der Waals surface area contributed by atoms with Crippen LogP contribution in [0.3, 0.4) is 0 Å². The molecular formula is C37H45Br2N7O5. The van der Waals surface area contributed by atoms with Crippen LogP contribution in [0.25, 0.3) is 32.8 Å². The normalized spacial score (nSPS) is 11.6. The largest absolute Gasteiger partial charge is 0.444 e. The third kappa shape index (κ3) is 10.8. The number of carbonyl (C=O) groups excluding carboxylic acids is 3. The van der Waals surface area contributed by atoms with Gasteiger partial charge in [0.25, 0.3) is 0 Å². The van der Waals surface area contributed by atoms with Crippen molar-refractivity contribution in [3.63, 3.8) is 0 Å². The van der Waals surface area contributed by atoms with Crippen LogP contribution in [0.2, 0.25) is 0 Å². The van der Waals surface area contributed by atoms with E-state index in [1.54, 1.807) is 45.0 Å². The van der Waals surface area contributed by atoms with Gasteiger partial charge >= 0.3 is 12.2 Å². The molecule has 0 atom stereocenters. The summed E-state index contributed by atoms with van der Waals surface area (Å²) < 4.78 is 12.7. The van der Waals surface area contributed by atoms with Crippen molar-refractivity contribution in [2.24, 2.45) is 0 Å². The van der Waals surface area contributed by atoms with Gasteiger partial charge in [-0.15, -0.1) is 0 Å². The molecule has 3 N–H and O–H groups in total. The number of amides is 2. The molecule has 14 heteroatoms. The summed E-state index contributed by atoms with van der Waals surface area (Å²) in [5, 5.41) is 1.78. The van der Waals surface area contributed by atoms with Crippen molar-refractivity contribution in [1.82, 2.24) is 29.7 Å². The molecule has 5 aromatic rings. The van der Waals surface area contributed by atoms with Crippen LogP contribution in [0, 0.1) is 0 Å². The summed E-state index contributed by atoms with van der Waals surface area (Å²) in [6.45, 7) is 15.9. The maximum Gasteiger partial charge on any atom is 0.410 e. The van der Waals surface area contributed by atoms with Crippen LogP contribution in [0.15, 0.2) is 57.7 Å². The maximum atomic E-state index is 12.5. The van der Waals surface area contributed by atoms with Crippen LogP contribution in [0.4, 0.5) is 15.3 Å². The number of pyridine rings is 2. The third-order valence-corrected chi connectivity index (χ3v) is 8.43. The number of aromatic amines is 1. The number of rotatable bonds is 8. The number of nitrogens with two attached hydrogens (primary N) is 1. The molecule has 0 saturated carbocycles. The first kappa shape index (κ1) is 39.5. The summed E-state index contributed by atoms with van der Waals surface area (Å²) >= 11 is 6.86. The van der Waals surface area contributed by atoms with Gasteiger partial charge in [0.2, 0.25) is 0 Å². The molecule has 0 unspecified atom stereocenters. The second-order valence-electron chi connectivity index (χ2n) is 13.9. The molecule has 2 amide bonds. The Morgan fingerprint density at radius 3 is 1.90 bits per heavy atom. The van der Waals surface area contributed by atoms with E-state index in [2.05, 4.69) is 51.8 Å². The summed E-state index contributed by atoms with van der Waals surface area (Å²) in [5.74, 6) is 0.586. The van der Waals surface area contributed by atoms with Gasteiger partial charge in [-0.1, -0.05) is 31.9 Å². The van der Waals surface area contributed by atoms with Gasteiger partial charge in [0.1, 0.15) is 17.0 Å². The zero-order valence-electron chi connectivity index (χ0n) is 30.3. The van der Waals surface area contributed by atoms with Gasteiger partial charge < -0.3 is 30.0 Å². The molecule has 3 heterocycles. The van der Waals surface area contributed by atoms with E-state index >= 15 is 0 Å². The zero-order chi connectivity index (χ0) is 37.7. The lowest BCUT2D eigenvalue weighted by atomic mass is 10.1. The second-order valence-corrected chi connectivity index (χ2v) is 15.8. The van der Waals surface area contributed by atoms with E-state index < -0.39 is 17.3 Å². The minimum Gasteiger partial charge on any atom is -0.444 e. The number of likely N-dealkylation sites (N-methyl/N-ethyl adjacent to an activating group) is 1. The van der Waals surface area contributed by atoms with Crippen LogP contribution in [0.1, 0.15) is 66.8 Å². The monoisotopic (exact) mass is 825 g/mol. The molecule has 12 nitrogen and oxygen atoms in total. The molecule has 51 heavy (non-hydrogen) atoms. The van der Waals surface area contributed by atoms with Gasteiger partial charge in [-0.2, -0.15) is 0 Å². The van der Waals surface area contributed by atoms with Crippen LogP contribution >= 0.6 is 31.9 Å². The topological polar surface area (TPSA) is 157 Å². The number of carbonyl (C=O) groups is 3. The average Bonchev–Trinajstić information content (AvgIpc) is 3.45. The zero-order valence-corrected chi connectivity index (χ0v) is 33.4. The summed E-state index contributed by atoms with van der Waals surface area (Å²) in [6, 6.07) is 11.5. The van der Waals surface area contributed by atoms with E-state index in [1.807, 2.05) is 64.1 Å². The maximum absolute atomic E-state index is 12.5. The Morgan fingerprint density at radius 2 is 1.33 bits per heavy atom. The first-order valence-corrected chi connectivity index (χ1v) is 18.2. The highest BCUT2D eigenvalue weighted by molar-refractivity contribution is 9.10. The fourth-order valence-corrected chi connectivity index (χ4v) is 5.75. The number of nitrogens with zero attached hydrogens (tertiary/aromatic N) is 5. The second kappa shape index (κ2) is 16.4. The number of anilines is 1. The highest BCUT2D eigenvalue weighted by atomic mass is 79.9. The highest BCUT2D eigenvalue weighted by Crippen LogP contribution is 2.27. The number of halogens is 2. The predicted molar refractivity (Wildman–Crippen MR) is 207 cm³/mol. The SMILES string of the molecule is CCN(CC(=O)Cc1cnc2cc(Br)ccc2c1N)C(=O)OC(C)(C)C.CCN(Cc1nc2c(cnc3cc(Br)ccc32)[nH]1)C(=O)OC(C)(C)C. The minimum absolute atomic E-state index is 0.0246. The molecule has 0 spiro atoms. The molecule has 3 aromatic heterocycles. The van der Waals surface area contributed by atoms with E-state index in [0.717, 1.165) is 41.8 Å². The molecular weight excluding hydrogens is 782 g/mol. The molecule has 0 aliphatic carbocycles. The van der Waals surface area contributed by atoms with Gasteiger partial charge in [-0.3, -0.25) is 14.8 Å². The van der Waals surface area contributed by atoms with Crippen molar-refractivity contribution in [2.75, 3.05) is 25.4 Å².